The molecule has 2 amide bonds. The van der Waals surface area contributed by atoms with E-state index in [1.165, 1.54) is 11.3 Å². The summed E-state index contributed by atoms with van der Waals surface area (Å²) < 4.78 is 5.14. The lowest BCUT2D eigenvalue weighted by molar-refractivity contribution is -0.121. The van der Waals surface area contributed by atoms with Crippen LogP contribution < -0.4 is 10.9 Å². The predicted octanol–water partition coefficient (Wildman–Crippen LogP) is 2.81. The average Bonchev–Trinajstić information content (AvgIpc) is 3.29. The number of carbonyl (C=O) groups is 2. The number of hydrazine groups is 1. The van der Waals surface area contributed by atoms with Crippen LogP contribution in [0.15, 0.2) is 40.2 Å². The van der Waals surface area contributed by atoms with Gasteiger partial charge in [0.05, 0.1) is 4.88 Å². The van der Waals surface area contributed by atoms with Gasteiger partial charge in [-0.1, -0.05) is 28.9 Å². The first-order valence-corrected chi connectivity index (χ1v) is 8.94. The van der Waals surface area contributed by atoms with Crippen LogP contribution >= 0.6 is 11.3 Å². The van der Waals surface area contributed by atoms with Crippen LogP contribution in [0.1, 0.15) is 33.8 Å². The molecule has 0 aliphatic rings. The molecule has 0 radical (unpaired) electrons. The summed E-state index contributed by atoms with van der Waals surface area (Å²) in [5.41, 5.74) is 7.27. The number of carbonyl (C=O) groups excluding carboxylic acids is 2. The highest BCUT2D eigenvalue weighted by atomic mass is 32.1. The molecule has 26 heavy (non-hydrogen) atoms. The maximum atomic E-state index is 12.1. The lowest BCUT2D eigenvalue weighted by Crippen LogP contribution is -2.42. The molecule has 0 spiro atoms. The molecule has 134 valence electrons. The van der Waals surface area contributed by atoms with Gasteiger partial charge < -0.3 is 4.52 Å². The number of nitrogens with zero attached hydrogens (tertiary/aromatic N) is 2. The monoisotopic (exact) mass is 370 g/mol. The Bertz CT molecular complexity index is 918. The van der Waals surface area contributed by atoms with E-state index in [2.05, 4.69) is 21.0 Å². The number of aryl methyl sites for hydroxylation is 3. The third kappa shape index (κ3) is 4.34. The number of nitrogens with one attached hydrogen (secondary N) is 2. The molecular formula is C18H18N4O3S. The molecule has 0 saturated carbocycles. The summed E-state index contributed by atoms with van der Waals surface area (Å²) in [7, 11) is 0. The van der Waals surface area contributed by atoms with Crippen LogP contribution in [-0.4, -0.2) is 22.0 Å². The van der Waals surface area contributed by atoms with E-state index in [9.17, 15) is 9.59 Å². The van der Waals surface area contributed by atoms with Crippen LogP contribution in [0, 0.1) is 13.8 Å². The predicted molar refractivity (Wildman–Crippen MR) is 97.5 cm³/mol. The zero-order valence-corrected chi connectivity index (χ0v) is 15.2. The molecule has 0 atom stereocenters. The Balaban J connectivity index is 1.48. The molecule has 0 saturated heterocycles. The van der Waals surface area contributed by atoms with Crippen LogP contribution in [0.2, 0.25) is 0 Å². The number of benzene rings is 1. The zero-order chi connectivity index (χ0) is 18.5. The van der Waals surface area contributed by atoms with Gasteiger partial charge in [0.25, 0.3) is 5.91 Å². The summed E-state index contributed by atoms with van der Waals surface area (Å²) in [6.45, 7) is 3.81. The van der Waals surface area contributed by atoms with Crippen LogP contribution in [0.25, 0.3) is 10.7 Å². The Morgan fingerprint density at radius 2 is 2.04 bits per heavy atom. The molecule has 0 aliphatic carbocycles. The first-order chi connectivity index (χ1) is 12.5. The number of aromatic nitrogens is 2. The lowest BCUT2D eigenvalue weighted by atomic mass is 10.1. The summed E-state index contributed by atoms with van der Waals surface area (Å²) in [6.07, 6.45) is 0.420. The Labute approximate surface area is 154 Å². The van der Waals surface area contributed by atoms with Crippen molar-refractivity contribution >= 4 is 23.2 Å². The normalized spacial score (nSPS) is 10.5. The SMILES string of the molecule is Cc1ccc(C(=O)NNC(=O)CCc2nc(-c3cccs3)no2)c(C)c1. The standard InChI is InChI=1S/C18H18N4O3S/c1-11-5-6-13(12(2)10-11)18(24)21-20-15(23)7-8-16-19-17(22-25-16)14-4-3-9-26-14/h3-6,9-10H,7-8H2,1-2H3,(H,20,23)(H,21,24). The number of hydrogen-bond acceptors (Lipinski definition) is 6. The van der Waals surface area contributed by atoms with E-state index in [4.69, 9.17) is 4.52 Å². The Morgan fingerprint density at radius 3 is 2.77 bits per heavy atom. The van der Waals surface area contributed by atoms with Crippen molar-refractivity contribution in [3.05, 3.63) is 58.3 Å². The van der Waals surface area contributed by atoms with Crippen molar-refractivity contribution in [2.45, 2.75) is 26.7 Å². The molecule has 3 rings (SSSR count). The topological polar surface area (TPSA) is 97.1 Å². The van der Waals surface area contributed by atoms with Crippen LogP contribution in [0.4, 0.5) is 0 Å². The molecular weight excluding hydrogens is 352 g/mol. The third-order valence-electron chi connectivity index (χ3n) is 3.72. The molecule has 3 aromatic rings. The fourth-order valence-corrected chi connectivity index (χ4v) is 3.06. The number of rotatable bonds is 5. The maximum absolute atomic E-state index is 12.1. The second-order valence-corrected chi connectivity index (χ2v) is 6.76. The highest BCUT2D eigenvalue weighted by Crippen LogP contribution is 2.21. The van der Waals surface area contributed by atoms with Crippen LogP contribution in [0.3, 0.4) is 0 Å². The highest BCUT2D eigenvalue weighted by Gasteiger charge is 2.13. The quantitative estimate of drug-likeness (QED) is 0.673. The van der Waals surface area contributed by atoms with Gasteiger partial charge in [-0.15, -0.1) is 11.3 Å². The van der Waals surface area contributed by atoms with Gasteiger partial charge in [-0.25, -0.2) is 0 Å². The van der Waals surface area contributed by atoms with Gasteiger partial charge in [-0.3, -0.25) is 20.4 Å². The molecule has 0 unspecified atom stereocenters. The largest absolute Gasteiger partial charge is 0.339 e. The van der Waals surface area contributed by atoms with Crippen LogP contribution in [0.5, 0.6) is 0 Å². The molecule has 2 aromatic heterocycles. The molecule has 8 heteroatoms. The molecule has 7 nitrogen and oxygen atoms in total. The maximum Gasteiger partial charge on any atom is 0.269 e. The molecule has 0 aliphatic heterocycles. The molecule has 1 aromatic carbocycles. The minimum atomic E-state index is -0.353. The summed E-state index contributed by atoms with van der Waals surface area (Å²) in [5.74, 6) is 0.204. The van der Waals surface area contributed by atoms with Crippen LogP contribution in [-0.2, 0) is 11.2 Å². The molecule has 0 fully saturated rings. The Kier molecular flexibility index (Phi) is 5.43. The smallest absolute Gasteiger partial charge is 0.269 e. The van der Waals surface area contributed by atoms with E-state index < -0.39 is 0 Å². The molecule has 0 bridgehead atoms. The Hall–Kier alpha value is -3.00. The third-order valence-corrected chi connectivity index (χ3v) is 4.58. The van der Waals surface area contributed by atoms with E-state index in [-0.39, 0.29) is 18.2 Å². The number of amides is 2. The van der Waals surface area contributed by atoms with E-state index in [0.29, 0.717) is 23.7 Å². The van der Waals surface area contributed by atoms with Crippen molar-refractivity contribution in [2.75, 3.05) is 0 Å². The van der Waals surface area contributed by atoms with Gasteiger partial charge in [0, 0.05) is 18.4 Å². The summed E-state index contributed by atoms with van der Waals surface area (Å²) in [6, 6.07) is 9.30. The first-order valence-electron chi connectivity index (χ1n) is 8.06. The van der Waals surface area contributed by atoms with E-state index in [0.717, 1.165) is 16.0 Å². The van der Waals surface area contributed by atoms with Crippen molar-refractivity contribution in [1.82, 2.24) is 21.0 Å². The van der Waals surface area contributed by atoms with Crippen molar-refractivity contribution in [3.63, 3.8) is 0 Å². The van der Waals surface area contributed by atoms with Crippen molar-refractivity contribution in [1.29, 1.82) is 0 Å². The van der Waals surface area contributed by atoms with Crippen molar-refractivity contribution < 1.29 is 14.1 Å². The van der Waals surface area contributed by atoms with E-state index in [1.807, 2.05) is 43.5 Å². The van der Waals surface area contributed by atoms with E-state index >= 15 is 0 Å². The van der Waals surface area contributed by atoms with Gasteiger partial charge in [0.2, 0.25) is 17.6 Å². The van der Waals surface area contributed by atoms with E-state index in [1.54, 1.807) is 6.07 Å². The van der Waals surface area contributed by atoms with Gasteiger partial charge in [0.1, 0.15) is 0 Å². The van der Waals surface area contributed by atoms with Crippen molar-refractivity contribution in [3.8, 4) is 10.7 Å². The molecule has 2 heterocycles. The second-order valence-electron chi connectivity index (χ2n) is 5.81. The second kappa shape index (κ2) is 7.92. The van der Waals surface area contributed by atoms with Gasteiger partial charge in [-0.05, 0) is 36.9 Å². The zero-order valence-electron chi connectivity index (χ0n) is 14.4. The fourth-order valence-electron chi connectivity index (χ4n) is 2.41. The van der Waals surface area contributed by atoms with Gasteiger partial charge in [0.15, 0.2) is 0 Å². The fraction of sp³-hybridized carbons (Fsp3) is 0.222. The summed E-state index contributed by atoms with van der Waals surface area (Å²) in [5, 5.41) is 5.82. The number of thiophene rings is 1. The first kappa shape index (κ1) is 17.8. The summed E-state index contributed by atoms with van der Waals surface area (Å²) in [4.78, 5) is 29.2. The lowest BCUT2D eigenvalue weighted by Gasteiger charge is -2.09. The van der Waals surface area contributed by atoms with Gasteiger partial charge in [-0.2, -0.15) is 4.98 Å². The average molecular weight is 370 g/mol. The Morgan fingerprint density at radius 1 is 1.19 bits per heavy atom. The number of hydrogen-bond donors (Lipinski definition) is 2. The minimum Gasteiger partial charge on any atom is -0.339 e. The van der Waals surface area contributed by atoms with Crippen molar-refractivity contribution in [2.24, 2.45) is 0 Å². The van der Waals surface area contributed by atoms with Gasteiger partial charge >= 0.3 is 0 Å². The molecule has 2 N–H and O–H groups in total. The highest BCUT2D eigenvalue weighted by molar-refractivity contribution is 7.13. The minimum absolute atomic E-state index is 0.124. The summed E-state index contributed by atoms with van der Waals surface area (Å²) >= 11 is 1.51.